The first kappa shape index (κ1) is 30.0. The van der Waals surface area contributed by atoms with Crippen molar-refractivity contribution < 1.29 is 28.2 Å². The van der Waals surface area contributed by atoms with E-state index >= 15 is 0 Å². The lowest BCUT2D eigenvalue weighted by atomic mass is 9.48. The number of amides is 4. The van der Waals surface area contributed by atoms with Crippen molar-refractivity contribution >= 4 is 52.2 Å². The lowest BCUT2D eigenvalue weighted by Gasteiger charge is -2.57. The molecular weight excluding hydrogens is 686 g/mol. The zero-order valence-corrected chi connectivity index (χ0v) is 27.1. The molecule has 4 aliphatic carbocycles. The number of halogens is 2. The van der Waals surface area contributed by atoms with Gasteiger partial charge in [0, 0.05) is 0 Å². The van der Waals surface area contributed by atoms with Crippen molar-refractivity contribution in [1.29, 1.82) is 0 Å². The zero-order valence-electron chi connectivity index (χ0n) is 25.0. The fourth-order valence-electron chi connectivity index (χ4n) is 8.30. The highest BCUT2D eigenvalue weighted by Crippen LogP contribution is 2.60. The first-order valence-electron chi connectivity index (χ1n) is 15.6. The van der Waals surface area contributed by atoms with E-state index in [0.29, 0.717) is 32.9 Å². The Morgan fingerprint density at radius 3 is 2.20 bits per heavy atom. The van der Waals surface area contributed by atoms with E-state index in [1.807, 2.05) is 19.1 Å². The summed E-state index contributed by atoms with van der Waals surface area (Å²) in [4.78, 5) is 40.6. The number of nitrogens with one attached hydrogen (secondary N) is 1. The molecule has 45 heavy (non-hydrogen) atoms. The Hall–Kier alpha value is -3.73. The van der Waals surface area contributed by atoms with Crippen molar-refractivity contribution in [2.45, 2.75) is 57.5 Å². The molecule has 3 aromatic carbocycles. The molecule has 0 aromatic heterocycles. The van der Waals surface area contributed by atoms with Crippen molar-refractivity contribution in [3.8, 4) is 11.5 Å². The maximum Gasteiger partial charge on any atom is 0.335 e. The molecule has 8 rings (SSSR count). The van der Waals surface area contributed by atoms with Crippen LogP contribution in [0.2, 0.25) is 0 Å². The molecular formula is C36H34FIN2O5. The van der Waals surface area contributed by atoms with Gasteiger partial charge in [0.1, 0.15) is 18.0 Å². The number of benzene rings is 3. The van der Waals surface area contributed by atoms with E-state index in [1.165, 1.54) is 62.3 Å². The second-order valence-corrected chi connectivity index (χ2v) is 14.0. The largest absolute Gasteiger partial charge is 0.490 e. The molecule has 4 bridgehead atoms. The monoisotopic (exact) mass is 720 g/mol. The molecule has 1 aliphatic heterocycles. The minimum Gasteiger partial charge on any atom is -0.490 e. The van der Waals surface area contributed by atoms with Gasteiger partial charge in [0.25, 0.3) is 11.8 Å². The molecule has 3 aromatic rings. The summed E-state index contributed by atoms with van der Waals surface area (Å²) in [6.45, 7) is 2.41. The topological polar surface area (TPSA) is 84.9 Å². The summed E-state index contributed by atoms with van der Waals surface area (Å²) in [7, 11) is 0. The lowest BCUT2D eigenvalue weighted by Crippen LogP contribution is -2.54. The number of hydrogen-bond donors (Lipinski definition) is 1. The maximum atomic E-state index is 13.7. The minimum absolute atomic E-state index is 0.155. The second kappa shape index (κ2) is 11.9. The van der Waals surface area contributed by atoms with Gasteiger partial charge in [-0.05, 0) is 150 Å². The summed E-state index contributed by atoms with van der Waals surface area (Å²) >= 11 is 2.11. The summed E-state index contributed by atoms with van der Waals surface area (Å²) in [5.41, 5.74) is 3.11. The number of rotatable bonds is 8. The lowest BCUT2D eigenvalue weighted by molar-refractivity contribution is -0.122. The molecule has 1 heterocycles. The fraction of sp³-hybridized carbons (Fsp3) is 0.361. The van der Waals surface area contributed by atoms with Gasteiger partial charge in [-0.1, -0.05) is 24.3 Å². The molecule has 9 heteroatoms. The standard InChI is InChI=1S/C36H34FIN2O5/c1-2-44-31-16-22(15-30(38)32(31)45-20-21-3-7-27(37)8-4-21)14-29-33(41)39-35(43)40(34(29)42)28-9-5-26(6-10-28)36-17-23-11-24(18-36)13-25(12-23)19-36/h3-10,14-16,23-25H,2,11-13,17-20H2,1H3,(H,39,41,43)/b29-14+. The molecule has 4 amide bonds. The average Bonchev–Trinajstić information content (AvgIpc) is 2.99. The molecule has 5 aliphatic rings. The number of hydrogen-bond acceptors (Lipinski definition) is 5. The molecule has 0 unspecified atom stereocenters. The number of carbonyl (C=O) groups excluding carboxylic acids is 3. The van der Waals surface area contributed by atoms with E-state index in [4.69, 9.17) is 9.47 Å². The Balaban J connectivity index is 1.14. The Morgan fingerprint density at radius 1 is 0.933 bits per heavy atom. The van der Waals surface area contributed by atoms with Crippen LogP contribution in [-0.4, -0.2) is 24.5 Å². The SMILES string of the molecule is CCOc1cc(/C=C2\C(=O)NC(=O)N(c3ccc(C45CC6CC(CC(C6)C4)C5)cc3)C2=O)cc(I)c1OCc1ccc(F)cc1. The minimum atomic E-state index is -0.765. The van der Waals surface area contributed by atoms with Crippen LogP contribution >= 0.6 is 22.6 Å². The maximum absolute atomic E-state index is 13.7. The van der Waals surface area contributed by atoms with Gasteiger partial charge in [-0.15, -0.1) is 0 Å². The fourth-order valence-corrected chi connectivity index (χ4v) is 9.08. The van der Waals surface area contributed by atoms with Crippen LogP contribution in [0.3, 0.4) is 0 Å². The molecule has 7 nitrogen and oxygen atoms in total. The third-order valence-corrected chi connectivity index (χ3v) is 10.6. The number of barbiturate groups is 1. The highest BCUT2D eigenvalue weighted by Gasteiger charge is 2.51. The summed E-state index contributed by atoms with van der Waals surface area (Å²) in [5, 5.41) is 2.33. The highest BCUT2D eigenvalue weighted by molar-refractivity contribution is 14.1. The quantitative estimate of drug-likeness (QED) is 0.148. The highest BCUT2D eigenvalue weighted by atomic mass is 127. The van der Waals surface area contributed by atoms with Crippen LogP contribution in [0.25, 0.3) is 6.08 Å². The molecule has 1 N–H and O–H groups in total. The third-order valence-electron chi connectivity index (χ3n) is 9.82. The number of urea groups is 1. The molecule has 232 valence electrons. The van der Waals surface area contributed by atoms with Crippen LogP contribution in [0.5, 0.6) is 11.5 Å². The second-order valence-electron chi connectivity index (χ2n) is 12.9. The number of anilines is 1. The number of carbonyl (C=O) groups is 3. The van der Waals surface area contributed by atoms with Gasteiger partial charge in [0.2, 0.25) is 0 Å². The number of ether oxygens (including phenoxy) is 2. The Kier molecular flexibility index (Phi) is 7.91. The Morgan fingerprint density at radius 2 is 1.58 bits per heavy atom. The van der Waals surface area contributed by atoms with E-state index in [0.717, 1.165) is 28.2 Å². The van der Waals surface area contributed by atoms with Crippen molar-refractivity contribution in [3.63, 3.8) is 0 Å². The van der Waals surface area contributed by atoms with Crippen LogP contribution in [0.1, 0.15) is 62.1 Å². The van der Waals surface area contributed by atoms with E-state index in [2.05, 4.69) is 40.0 Å². The van der Waals surface area contributed by atoms with Gasteiger partial charge in [-0.25, -0.2) is 14.1 Å². The van der Waals surface area contributed by atoms with E-state index in [1.54, 1.807) is 24.3 Å². The van der Waals surface area contributed by atoms with Crippen molar-refractivity contribution in [3.05, 3.63) is 92.3 Å². The molecule has 1 saturated heterocycles. The van der Waals surface area contributed by atoms with Gasteiger partial charge in [-0.3, -0.25) is 14.9 Å². The summed E-state index contributed by atoms with van der Waals surface area (Å²) < 4.78 is 25.9. The van der Waals surface area contributed by atoms with Crippen LogP contribution in [0, 0.1) is 27.1 Å². The zero-order chi connectivity index (χ0) is 31.3. The van der Waals surface area contributed by atoms with Gasteiger partial charge < -0.3 is 9.47 Å². The molecule has 5 fully saturated rings. The molecule has 0 spiro atoms. The summed E-state index contributed by atoms with van der Waals surface area (Å²) in [5.74, 6) is 1.61. The van der Waals surface area contributed by atoms with Crippen LogP contribution in [-0.2, 0) is 21.6 Å². The first-order valence-corrected chi connectivity index (χ1v) is 16.6. The Labute approximate surface area is 275 Å². The molecule has 0 atom stereocenters. The predicted molar refractivity (Wildman–Crippen MR) is 176 cm³/mol. The van der Waals surface area contributed by atoms with Crippen molar-refractivity contribution in [2.24, 2.45) is 17.8 Å². The first-order chi connectivity index (χ1) is 21.7. The Bertz CT molecular complexity index is 1670. The third kappa shape index (κ3) is 5.75. The van der Waals surface area contributed by atoms with E-state index in [9.17, 15) is 18.8 Å². The predicted octanol–water partition coefficient (Wildman–Crippen LogP) is 7.54. The number of imide groups is 2. The van der Waals surface area contributed by atoms with E-state index in [-0.39, 0.29) is 23.4 Å². The van der Waals surface area contributed by atoms with E-state index < -0.39 is 17.8 Å². The van der Waals surface area contributed by atoms with Gasteiger partial charge >= 0.3 is 6.03 Å². The van der Waals surface area contributed by atoms with Crippen molar-refractivity contribution in [2.75, 3.05) is 11.5 Å². The van der Waals surface area contributed by atoms with Gasteiger partial charge in [-0.2, -0.15) is 0 Å². The van der Waals surface area contributed by atoms with Crippen LogP contribution < -0.4 is 19.7 Å². The van der Waals surface area contributed by atoms with Crippen molar-refractivity contribution in [1.82, 2.24) is 5.32 Å². The average molecular weight is 721 g/mol. The summed E-state index contributed by atoms with van der Waals surface area (Å²) in [6, 6.07) is 16.6. The normalized spacial score (nSPS) is 26.4. The smallest absolute Gasteiger partial charge is 0.335 e. The van der Waals surface area contributed by atoms with Gasteiger partial charge in [0.05, 0.1) is 15.9 Å². The number of nitrogens with zero attached hydrogens (tertiary/aromatic N) is 1. The van der Waals surface area contributed by atoms with Crippen LogP contribution in [0.15, 0.2) is 66.2 Å². The molecule has 0 radical (unpaired) electrons. The molecule has 4 saturated carbocycles. The summed E-state index contributed by atoms with van der Waals surface area (Å²) in [6.07, 6.45) is 9.22. The van der Waals surface area contributed by atoms with Crippen LogP contribution in [0.4, 0.5) is 14.9 Å². The van der Waals surface area contributed by atoms with Gasteiger partial charge in [0.15, 0.2) is 11.5 Å².